The predicted octanol–water partition coefficient (Wildman–Crippen LogP) is 0.646. The van der Waals surface area contributed by atoms with E-state index >= 15 is 0 Å². The van der Waals surface area contributed by atoms with Gasteiger partial charge in [0.1, 0.15) is 0 Å². The summed E-state index contributed by atoms with van der Waals surface area (Å²) in [6.07, 6.45) is 1.49. The Bertz CT molecular complexity index is 493. The lowest BCUT2D eigenvalue weighted by atomic mass is 10.4. The molecule has 14 heavy (non-hydrogen) atoms. The Morgan fingerprint density at radius 2 is 2.36 bits per heavy atom. The molecule has 2 aromatic heterocycles. The van der Waals surface area contributed by atoms with Gasteiger partial charge in [0.15, 0.2) is 5.65 Å². The minimum Gasteiger partial charge on any atom is -0.467 e. The van der Waals surface area contributed by atoms with E-state index in [0.717, 1.165) is 0 Å². The molecule has 0 aliphatic heterocycles. The van der Waals surface area contributed by atoms with Gasteiger partial charge >= 0.3 is 6.01 Å². The SMILES string of the molecule is COc1nnc2cc([N+](=O)[O-])ccn12. The molecule has 0 amide bonds. The van der Waals surface area contributed by atoms with E-state index in [4.69, 9.17) is 4.74 Å². The number of aromatic nitrogens is 3. The second-order valence-corrected chi connectivity index (χ2v) is 2.56. The van der Waals surface area contributed by atoms with E-state index in [2.05, 4.69) is 10.2 Å². The number of pyridine rings is 1. The van der Waals surface area contributed by atoms with Crippen LogP contribution in [0.2, 0.25) is 0 Å². The third-order valence-corrected chi connectivity index (χ3v) is 1.76. The third-order valence-electron chi connectivity index (χ3n) is 1.76. The van der Waals surface area contributed by atoms with Crippen LogP contribution in [0.25, 0.3) is 5.65 Å². The Hall–Kier alpha value is -2.18. The van der Waals surface area contributed by atoms with E-state index in [0.29, 0.717) is 11.7 Å². The van der Waals surface area contributed by atoms with Gasteiger partial charge in [-0.2, -0.15) is 0 Å². The molecular weight excluding hydrogens is 188 g/mol. The van der Waals surface area contributed by atoms with E-state index in [9.17, 15) is 10.1 Å². The summed E-state index contributed by atoms with van der Waals surface area (Å²) in [7, 11) is 1.46. The van der Waals surface area contributed by atoms with Gasteiger partial charge in [-0.05, 0) is 0 Å². The largest absolute Gasteiger partial charge is 0.467 e. The van der Waals surface area contributed by atoms with Crippen molar-refractivity contribution in [3.05, 3.63) is 28.4 Å². The van der Waals surface area contributed by atoms with Crippen molar-refractivity contribution in [2.24, 2.45) is 0 Å². The molecule has 0 saturated heterocycles. The molecule has 72 valence electrons. The standard InChI is InChI=1S/C7H6N4O3/c1-14-7-9-8-6-4-5(11(12)13)2-3-10(6)7/h2-4H,1H3. The number of nitro groups is 1. The number of hydrogen-bond donors (Lipinski definition) is 0. The van der Waals surface area contributed by atoms with Crippen LogP contribution in [0.3, 0.4) is 0 Å². The van der Waals surface area contributed by atoms with Crippen LogP contribution in [-0.2, 0) is 0 Å². The Balaban J connectivity index is 2.63. The second kappa shape index (κ2) is 2.95. The zero-order valence-electron chi connectivity index (χ0n) is 7.25. The molecule has 0 aliphatic rings. The Labute approximate surface area is 78.1 Å². The zero-order chi connectivity index (χ0) is 10.1. The molecule has 0 fully saturated rings. The summed E-state index contributed by atoms with van der Waals surface area (Å²) in [5.74, 6) is 0. The lowest BCUT2D eigenvalue weighted by Gasteiger charge is -1.96. The molecule has 0 radical (unpaired) electrons. The van der Waals surface area contributed by atoms with Crippen LogP contribution in [0.5, 0.6) is 6.01 Å². The van der Waals surface area contributed by atoms with E-state index in [1.165, 1.54) is 29.8 Å². The first-order valence-corrected chi connectivity index (χ1v) is 3.75. The fraction of sp³-hybridized carbons (Fsp3) is 0.143. The molecule has 0 saturated carbocycles. The molecule has 0 spiro atoms. The lowest BCUT2D eigenvalue weighted by molar-refractivity contribution is -0.384. The van der Waals surface area contributed by atoms with Gasteiger partial charge in [0.05, 0.1) is 18.1 Å². The van der Waals surface area contributed by atoms with E-state index < -0.39 is 4.92 Å². The maximum atomic E-state index is 10.4. The van der Waals surface area contributed by atoms with E-state index in [1.54, 1.807) is 0 Å². The molecule has 0 unspecified atom stereocenters. The minimum atomic E-state index is -0.485. The molecule has 7 nitrogen and oxygen atoms in total. The molecule has 7 heteroatoms. The topological polar surface area (TPSA) is 82.6 Å². The van der Waals surface area contributed by atoms with Crippen LogP contribution in [0, 0.1) is 10.1 Å². The van der Waals surface area contributed by atoms with Crippen molar-refractivity contribution in [3.8, 4) is 6.01 Å². The molecule has 2 aromatic rings. The fourth-order valence-electron chi connectivity index (χ4n) is 1.11. The first kappa shape index (κ1) is 8.42. The van der Waals surface area contributed by atoms with Crippen LogP contribution < -0.4 is 4.74 Å². The van der Waals surface area contributed by atoms with Crippen molar-refractivity contribution < 1.29 is 9.66 Å². The van der Waals surface area contributed by atoms with Crippen molar-refractivity contribution in [2.75, 3.05) is 7.11 Å². The summed E-state index contributed by atoms with van der Waals surface area (Å²) in [5, 5.41) is 17.8. The summed E-state index contributed by atoms with van der Waals surface area (Å²) in [5.41, 5.74) is 0.364. The molecule has 0 aromatic carbocycles. The van der Waals surface area contributed by atoms with Crippen LogP contribution >= 0.6 is 0 Å². The molecule has 0 aliphatic carbocycles. The van der Waals surface area contributed by atoms with Gasteiger partial charge in [-0.25, -0.2) is 0 Å². The minimum absolute atomic E-state index is 0.0208. The fourth-order valence-corrected chi connectivity index (χ4v) is 1.11. The molecular formula is C7H6N4O3. The first-order valence-electron chi connectivity index (χ1n) is 3.75. The monoisotopic (exact) mass is 194 g/mol. The number of methoxy groups -OCH3 is 1. The smallest absolute Gasteiger partial charge is 0.321 e. The Kier molecular flexibility index (Phi) is 1.77. The first-order chi connectivity index (χ1) is 6.72. The quantitative estimate of drug-likeness (QED) is 0.517. The van der Waals surface area contributed by atoms with Crippen LogP contribution in [0.4, 0.5) is 5.69 Å². The molecule has 0 N–H and O–H groups in total. The van der Waals surface area contributed by atoms with Crippen molar-refractivity contribution in [3.63, 3.8) is 0 Å². The second-order valence-electron chi connectivity index (χ2n) is 2.56. The summed E-state index contributed by atoms with van der Waals surface area (Å²) < 4.78 is 6.41. The molecule has 0 atom stereocenters. The highest BCUT2D eigenvalue weighted by Gasteiger charge is 2.10. The van der Waals surface area contributed by atoms with E-state index in [-0.39, 0.29) is 5.69 Å². The lowest BCUT2D eigenvalue weighted by Crippen LogP contribution is -1.93. The zero-order valence-corrected chi connectivity index (χ0v) is 7.25. The Morgan fingerprint density at radius 1 is 1.57 bits per heavy atom. The average molecular weight is 194 g/mol. The number of ether oxygens (including phenoxy) is 1. The molecule has 2 rings (SSSR count). The van der Waals surface area contributed by atoms with Gasteiger partial charge in [-0.1, -0.05) is 5.10 Å². The van der Waals surface area contributed by atoms with Gasteiger partial charge in [-0.3, -0.25) is 14.5 Å². The summed E-state index contributed by atoms with van der Waals surface area (Å²) in [6, 6.07) is 2.99. The van der Waals surface area contributed by atoms with Gasteiger partial charge in [0, 0.05) is 12.3 Å². The van der Waals surface area contributed by atoms with Gasteiger partial charge in [0.2, 0.25) is 0 Å². The van der Waals surface area contributed by atoms with Crippen LogP contribution in [0.1, 0.15) is 0 Å². The van der Waals surface area contributed by atoms with Gasteiger partial charge in [-0.15, -0.1) is 5.10 Å². The number of fused-ring (bicyclic) bond motifs is 1. The van der Waals surface area contributed by atoms with Gasteiger partial charge < -0.3 is 4.74 Å². The highest BCUT2D eigenvalue weighted by atomic mass is 16.6. The van der Waals surface area contributed by atoms with Gasteiger partial charge in [0.25, 0.3) is 5.69 Å². The number of hydrogen-bond acceptors (Lipinski definition) is 5. The maximum Gasteiger partial charge on any atom is 0.321 e. The van der Waals surface area contributed by atoms with Crippen molar-refractivity contribution in [1.29, 1.82) is 0 Å². The number of nitrogens with zero attached hydrogens (tertiary/aromatic N) is 4. The molecule has 0 bridgehead atoms. The third kappa shape index (κ3) is 1.15. The van der Waals surface area contributed by atoms with Crippen molar-refractivity contribution >= 4 is 11.3 Å². The van der Waals surface area contributed by atoms with Crippen LogP contribution in [0.15, 0.2) is 18.3 Å². The Morgan fingerprint density at radius 3 is 3.00 bits per heavy atom. The summed E-state index contributed by atoms with van der Waals surface area (Å²) >= 11 is 0. The normalized spacial score (nSPS) is 10.4. The average Bonchev–Trinajstić information content (AvgIpc) is 2.59. The summed E-state index contributed by atoms with van der Waals surface area (Å²) in [6.45, 7) is 0. The van der Waals surface area contributed by atoms with Crippen molar-refractivity contribution in [1.82, 2.24) is 14.6 Å². The predicted molar refractivity (Wildman–Crippen MR) is 46.2 cm³/mol. The highest BCUT2D eigenvalue weighted by molar-refractivity contribution is 5.48. The molecule has 2 heterocycles. The van der Waals surface area contributed by atoms with E-state index in [1.807, 2.05) is 0 Å². The highest BCUT2D eigenvalue weighted by Crippen LogP contribution is 2.16. The maximum absolute atomic E-state index is 10.4. The van der Waals surface area contributed by atoms with Crippen LogP contribution in [-0.4, -0.2) is 26.6 Å². The van der Waals surface area contributed by atoms with Crippen molar-refractivity contribution in [2.45, 2.75) is 0 Å². The number of rotatable bonds is 2. The summed E-state index contributed by atoms with van der Waals surface area (Å²) in [4.78, 5) is 9.95.